The minimum atomic E-state index is -0.439. The lowest BCUT2D eigenvalue weighted by atomic mass is 9.78. The fraction of sp³-hybridized carbons (Fsp3) is 0.932. The normalized spacial score (nSPS) is 24.5. The zero-order valence-electron chi connectivity index (χ0n) is 74.9. The molecular weight excluding hydrogens is 1400 g/mol. The molecule has 6 fully saturated rings. The number of unbranched alkanes of at least 4 members (excludes halogenated alkanes) is 14. The standard InChI is InChI=1S/C30H56N2O6.C30H56N2O4.C28H52N2O6/c1-10-22(26(34)38-24-20-29(6,7)32(36)30(8,9)21-24)16-14-12-11-13-15-17-25(33)37-23-18-27(2,3)31(35)28(4,5)19-23;1-27(2)19-23(20-28(3,4)31(27)9)35-25(33)17-15-13-11-12-14-16-18-26(34)36-24-21-29(5,6)32(10)30(7,8)22-24;1-25(2)17-21(18-26(3,4)29(25)33)35-23(31)15-13-11-9-10-12-14-16-24(32)36-22-19-27(5,6)30(34)28(7,8)20-22/h22-24,35-36H,10-21H2,1-9H3;23-24H,11-22H2,1-10H3;21-22,33-34H,9-20H2,1-8H3. The Morgan fingerprint density at radius 3 is 0.600 bits per heavy atom. The summed E-state index contributed by atoms with van der Waals surface area (Å²) in [5, 5.41) is 47.3. The van der Waals surface area contributed by atoms with Crippen LogP contribution in [0.5, 0.6) is 0 Å². The lowest BCUT2D eigenvalue weighted by Gasteiger charge is -2.53. The summed E-state index contributed by atoms with van der Waals surface area (Å²) in [5.41, 5.74) is -3.34. The zero-order valence-corrected chi connectivity index (χ0v) is 74.9. The maximum absolute atomic E-state index is 12.9. The second-order valence-electron chi connectivity index (χ2n) is 41.8. The highest BCUT2D eigenvalue weighted by Gasteiger charge is 2.52. The summed E-state index contributed by atoms with van der Waals surface area (Å²) < 4.78 is 34.9. The van der Waals surface area contributed by atoms with Gasteiger partial charge in [-0.15, -0.1) is 0 Å². The summed E-state index contributed by atoms with van der Waals surface area (Å²) in [7, 11) is 4.33. The second kappa shape index (κ2) is 41.0. The number of piperidine rings is 6. The van der Waals surface area contributed by atoms with Crippen LogP contribution in [0, 0.1) is 5.92 Å². The van der Waals surface area contributed by atoms with Crippen molar-refractivity contribution >= 4 is 35.8 Å². The van der Waals surface area contributed by atoms with Crippen LogP contribution in [0.3, 0.4) is 0 Å². The molecular formula is C88H164N6O16. The lowest BCUT2D eigenvalue weighted by Crippen LogP contribution is -2.60. The summed E-state index contributed by atoms with van der Waals surface area (Å²) >= 11 is 0. The first-order chi connectivity index (χ1) is 50.3. The van der Waals surface area contributed by atoms with E-state index in [4.69, 9.17) is 28.4 Å². The van der Waals surface area contributed by atoms with Crippen molar-refractivity contribution in [3.05, 3.63) is 0 Å². The number of likely N-dealkylation sites (tertiary alicyclic amines) is 2. The van der Waals surface area contributed by atoms with E-state index < -0.39 is 44.3 Å². The summed E-state index contributed by atoms with van der Waals surface area (Å²) in [4.78, 5) is 79.5. The van der Waals surface area contributed by atoms with E-state index >= 15 is 0 Å². The highest BCUT2D eigenvalue weighted by atomic mass is 16.6. The molecule has 0 aliphatic carbocycles. The van der Waals surface area contributed by atoms with Crippen molar-refractivity contribution < 1.29 is 78.0 Å². The Morgan fingerprint density at radius 1 is 0.264 bits per heavy atom. The van der Waals surface area contributed by atoms with Crippen molar-refractivity contribution in [1.82, 2.24) is 30.1 Å². The molecule has 0 aromatic carbocycles. The fourth-order valence-corrected chi connectivity index (χ4v) is 19.4. The van der Waals surface area contributed by atoms with Crippen LogP contribution in [0.2, 0.25) is 0 Å². The highest BCUT2D eigenvalue weighted by Crippen LogP contribution is 2.44. The zero-order chi connectivity index (χ0) is 83.7. The Bertz CT molecular complexity index is 2530. The average Bonchev–Trinajstić information content (AvgIpc) is 0.820. The molecule has 6 heterocycles. The predicted octanol–water partition coefficient (Wildman–Crippen LogP) is 19.2. The molecule has 22 nitrogen and oxygen atoms in total. The molecule has 1 atom stereocenters. The SMILES string of the molecule is CC1(C)CC(OC(=O)CCCCCCCCC(=O)OC2CC(C)(C)N(O)C(C)(C)C2)CC(C)(C)N1O.CCC(CCCCCCCC(=O)OC1CC(C)(C)N(O)C(C)(C)C1)C(=O)OC1CC(C)(C)N(O)C(C)(C)C1.CN1C(C)(C)CC(OC(=O)CCCCCCCCC(=O)OC2CC(C)(C)N(C)C(C)(C)C2)CC1(C)C. The molecule has 22 heteroatoms. The van der Waals surface area contributed by atoms with Crippen LogP contribution < -0.4 is 0 Å². The van der Waals surface area contributed by atoms with E-state index in [9.17, 15) is 49.6 Å². The van der Waals surface area contributed by atoms with Crippen LogP contribution in [-0.4, -0.2) is 204 Å². The van der Waals surface area contributed by atoms with Gasteiger partial charge in [-0.3, -0.25) is 38.6 Å². The topological polar surface area (TPSA) is 258 Å². The minimum absolute atomic E-state index is 0.00474. The smallest absolute Gasteiger partial charge is 0.309 e. The Balaban J connectivity index is 0.000000348. The number of esters is 6. The molecule has 6 rings (SSSR count). The van der Waals surface area contributed by atoms with Gasteiger partial charge in [0.25, 0.3) is 0 Å². The first-order valence-electron chi connectivity index (χ1n) is 43.0. The molecule has 4 N–H and O–H groups in total. The summed E-state index contributed by atoms with van der Waals surface area (Å²) in [6.07, 6.45) is 28.1. The monoisotopic (exact) mass is 1560 g/mol. The van der Waals surface area contributed by atoms with Crippen molar-refractivity contribution in [1.29, 1.82) is 0 Å². The Labute approximate surface area is 668 Å². The third kappa shape index (κ3) is 30.8. The molecule has 0 radical (unpaired) electrons. The van der Waals surface area contributed by atoms with Crippen molar-refractivity contribution in [2.45, 2.75) is 507 Å². The molecule has 0 bridgehead atoms. The predicted molar refractivity (Wildman–Crippen MR) is 434 cm³/mol. The third-order valence-corrected chi connectivity index (χ3v) is 25.5. The number of carbonyl (C=O) groups excluding carboxylic acids is 6. The van der Waals surface area contributed by atoms with Gasteiger partial charge in [0, 0.05) is 176 Å². The van der Waals surface area contributed by atoms with Gasteiger partial charge >= 0.3 is 35.8 Å². The Morgan fingerprint density at radius 2 is 0.418 bits per heavy atom. The maximum Gasteiger partial charge on any atom is 0.309 e. The third-order valence-electron chi connectivity index (χ3n) is 25.5. The Kier molecular flexibility index (Phi) is 36.8. The second-order valence-corrected chi connectivity index (χ2v) is 41.8. The van der Waals surface area contributed by atoms with E-state index in [0.717, 1.165) is 148 Å². The number of hydrogen-bond donors (Lipinski definition) is 4. The average molecular weight is 1560 g/mol. The van der Waals surface area contributed by atoms with Gasteiger partial charge < -0.3 is 49.3 Å². The molecule has 6 aliphatic heterocycles. The molecule has 6 aliphatic rings. The molecule has 110 heavy (non-hydrogen) atoms. The lowest BCUT2D eigenvalue weighted by molar-refractivity contribution is -0.260. The van der Waals surface area contributed by atoms with E-state index in [0.29, 0.717) is 83.5 Å². The largest absolute Gasteiger partial charge is 0.462 e. The van der Waals surface area contributed by atoms with Gasteiger partial charge in [-0.25, -0.2) is 0 Å². The van der Waals surface area contributed by atoms with E-state index in [2.05, 4.69) is 79.3 Å². The van der Waals surface area contributed by atoms with Crippen LogP contribution >= 0.6 is 0 Å². The molecule has 0 aromatic rings. The van der Waals surface area contributed by atoms with Gasteiger partial charge in [-0.1, -0.05) is 84.0 Å². The number of hydrogen-bond acceptors (Lipinski definition) is 22. The molecule has 6 saturated heterocycles. The number of ether oxygens (including phenoxy) is 6. The first-order valence-corrected chi connectivity index (χ1v) is 43.0. The quantitative estimate of drug-likeness (QED) is 0.0265. The van der Waals surface area contributed by atoms with Crippen LogP contribution in [0.25, 0.3) is 0 Å². The van der Waals surface area contributed by atoms with Crippen molar-refractivity contribution in [3.8, 4) is 0 Å². The first kappa shape index (κ1) is 98.8. The highest BCUT2D eigenvalue weighted by molar-refractivity contribution is 5.73. The van der Waals surface area contributed by atoms with Crippen molar-refractivity contribution in [3.63, 3.8) is 0 Å². The van der Waals surface area contributed by atoms with Gasteiger partial charge in [0.15, 0.2) is 0 Å². The van der Waals surface area contributed by atoms with Crippen LogP contribution in [0.15, 0.2) is 0 Å². The molecule has 0 amide bonds. The van der Waals surface area contributed by atoms with Gasteiger partial charge in [-0.2, -0.15) is 20.3 Å². The van der Waals surface area contributed by atoms with E-state index in [1.54, 1.807) is 0 Å². The fourth-order valence-electron chi connectivity index (χ4n) is 19.4. The van der Waals surface area contributed by atoms with Crippen molar-refractivity contribution in [2.75, 3.05) is 14.1 Å². The summed E-state index contributed by atoms with van der Waals surface area (Å²) in [5.74, 6) is -0.782. The number of rotatable bonds is 34. The van der Waals surface area contributed by atoms with E-state index in [1.165, 1.54) is 20.3 Å². The minimum Gasteiger partial charge on any atom is -0.462 e. The van der Waals surface area contributed by atoms with E-state index in [-0.39, 0.29) is 101 Å². The number of carbonyl (C=O) groups is 6. The van der Waals surface area contributed by atoms with Gasteiger partial charge in [0.05, 0.1) is 5.92 Å². The van der Waals surface area contributed by atoms with Crippen molar-refractivity contribution in [2.24, 2.45) is 5.92 Å². The van der Waals surface area contributed by atoms with Crippen LogP contribution in [0.4, 0.5) is 0 Å². The molecule has 0 saturated carbocycles. The summed E-state index contributed by atoms with van der Waals surface area (Å²) in [6, 6.07) is 0. The van der Waals surface area contributed by atoms with Crippen LogP contribution in [-0.2, 0) is 57.2 Å². The number of nitrogens with zero attached hydrogens (tertiary/aromatic N) is 6. The maximum atomic E-state index is 12.9. The number of hydroxylamine groups is 8. The molecule has 0 aromatic heterocycles. The van der Waals surface area contributed by atoms with Crippen LogP contribution in [0.1, 0.15) is 404 Å². The molecule has 1 unspecified atom stereocenters. The molecule has 642 valence electrons. The summed E-state index contributed by atoms with van der Waals surface area (Å²) in [6.45, 7) is 51.4. The Hall–Kier alpha value is -3.58. The van der Waals surface area contributed by atoms with Gasteiger partial charge in [0.1, 0.15) is 36.6 Å². The van der Waals surface area contributed by atoms with Gasteiger partial charge in [0.2, 0.25) is 0 Å². The van der Waals surface area contributed by atoms with Gasteiger partial charge in [-0.05, 0) is 225 Å². The molecule has 0 spiro atoms. The van der Waals surface area contributed by atoms with E-state index in [1.807, 2.05) is 118 Å².